The first-order chi connectivity index (χ1) is 5.89. The van der Waals surface area contributed by atoms with Crippen molar-refractivity contribution >= 4 is 22.2 Å². The number of alkyl halides is 6. The molecule has 0 bridgehead atoms. The predicted octanol–water partition coefficient (Wildman–Crippen LogP) is -2.23. The summed E-state index contributed by atoms with van der Waals surface area (Å²) in [5.41, 5.74) is -10.2. The molecule has 0 spiro atoms. The van der Waals surface area contributed by atoms with Gasteiger partial charge in [0, 0.05) is 0 Å². The molecule has 0 heterocycles. The maximum atomic E-state index is 10.6. The van der Waals surface area contributed by atoms with Crippen molar-refractivity contribution in [3.63, 3.8) is 0 Å². The van der Waals surface area contributed by atoms with E-state index in [1.165, 1.54) is 0 Å². The zero-order valence-electron chi connectivity index (χ0n) is 6.72. The van der Waals surface area contributed by atoms with Crippen LogP contribution in [0.2, 0.25) is 0 Å². The Morgan fingerprint density at radius 3 is 0.800 bits per heavy atom. The van der Waals surface area contributed by atoms with Crippen molar-refractivity contribution in [3.8, 4) is 0 Å². The van der Waals surface area contributed by atoms with Gasteiger partial charge < -0.3 is 9.11 Å². The number of hydrogen-bond acceptors (Lipinski definition) is 4. The fourth-order valence-corrected chi connectivity index (χ4v) is 0. The SMILES string of the molecule is O=S([O-])C(F)(F)F.O=S([O-])C(F)(F)F.[Li+]. The molecule has 13 heteroatoms. The maximum absolute atomic E-state index is 10.6. The van der Waals surface area contributed by atoms with Crippen molar-refractivity contribution < 1.29 is 62.7 Å². The van der Waals surface area contributed by atoms with E-state index in [-0.39, 0.29) is 18.9 Å². The summed E-state index contributed by atoms with van der Waals surface area (Å²) in [6.45, 7) is 0. The van der Waals surface area contributed by atoms with Crippen LogP contribution in [0.4, 0.5) is 26.3 Å². The molecule has 0 aliphatic heterocycles. The first kappa shape index (κ1) is 20.8. The molecule has 0 saturated carbocycles. The molecule has 4 nitrogen and oxygen atoms in total. The molecule has 0 amide bonds. The summed E-state index contributed by atoms with van der Waals surface area (Å²) in [7, 11) is 0. The Morgan fingerprint density at radius 2 is 0.800 bits per heavy atom. The zero-order chi connectivity index (χ0) is 12.2. The van der Waals surface area contributed by atoms with E-state index in [2.05, 4.69) is 0 Å². The summed E-state index contributed by atoms with van der Waals surface area (Å²) < 4.78 is 99.0. The molecule has 0 radical (unpaired) electrons. The fraction of sp³-hybridized carbons (Fsp3) is 1.00. The molecule has 0 N–H and O–H groups in total. The van der Waals surface area contributed by atoms with Crippen LogP contribution in [0.15, 0.2) is 0 Å². The molecule has 0 aliphatic carbocycles. The van der Waals surface area contributed by atoms with Crippen molar-refractivity contribution in [2.45, 2.75) is 11.0 Å². The van der Waals surface area contributed by atoms with E-state index < -0.39 is 33.2 Å². The van der Waals surface area contributed by atoms with Crippen molar-refractivity contribution in [2.24, 2.45) is 0 Å². The third-order valence-electron chi connectivity index (χ3n) is 0.378. The van der Waals surface area contributed by atoms with Gasteiger partial charge in [0.05, 0.1) is 22.2 Å². The van der Waals surface area contributed by atoms with Crippen molar-refractivity contribution in [3.05, 3.63) is 0 Å². The molecule has 88 valence electrons. The Hall–Kier alpha value is 0.397. The van der Waals surface area contributed by atoms with Crippen molar-refractivity contribution in [2.75, 3.05) is 0 Å². The summed E-state index contributed by atoms with van der Waals surface area (Å²) in [4.78, 5) is 0. The van der Waals surface area contributed by atoms with Crippen LogP contribution in [0, 0.1) is 0 Å². The molecule has 0 aromatic heterocycles. The minimum Gasteiger partial charge on any atom is -0.766 e. The molecular formula is C2F6LiO4S2-. The van der Waals surface area contributed by atoms with Gasteiger partial charge in [0.25, 0.3) is 0 Å². The molecule has 0 rings (SSSR count). The standard InChI is InChI=1S/2CHF3O2S.Li/c2*2-1(3,4)7(5)6;/h2*(H,5,6);/q;;+1/p-2. The topological polar surface area (TPSA) is 80.3 Å². The molecule has 0 fully saturated rings. The second kappa shape index (κ2) is 7.64. The van der Waals surface area contributed by atoms with Gasteiger partial charge in [0.2, 0.25) is 0 Å². The second-order valence-electron chi connectivity index (χ2n) is 1.36. The van der Waals surface area contributed by atoms with Gasteiger partial charge >= 0.3 is 29.9 Å². The van der Waals surface area contributed by atoms with E-state index in [0.717, 1.165) is 0 Å². The molecule has 2 atom stereocenters. The Labute approximate surface area is 96.2 Å². The third-order valence-corrected chi connectivity index (χ3v) is 1.13. The van der Waals surface area contributed by atoms with E-state index in [1.54, 1.807) is 0 Å². The Balaban J connectivity index is -0.000000180. The summed E-state index contributed by atoms with van der Waals surface area (Å²) in [6, 6.07) is 0. The van der Waals surface area contributed by atoms with E-state index in [4.69, 9.17) is 17.5 Å². The van der Waals surface area contributed by atoms with Crippen LogP contribution in [0.25, 0.3) is 0 Å². The Kier molecular flexibility index (Phi) is 10.6. The summed E-state index contributed by atoms with van der Waals surface area (Å²) in [5, 5.41) is 0. The smallest absolute Gasteiger partial charge is 0.766 e. The second-order valence-corrected chi connectivity index (χ2v) is 3.23. The van der Waals surface area contributed by atoms with Gasteiger partial charge in [-0.25, -0.2) is 0 Å². The number of hydrogen-bond donors (Lipinski definition) is 0. The monoisotopic (exact) mass is 273 g/mol. The average Bonchev–Trinajstić information content (AvgIpc) is 1.83. The van der Waals surface area contributed by atoms with Crippen LogP contribution in [-0.4, -0.2) is 28.5 Å². The van der Waals surface area contributed by atoms with Crippen molar-refractivity contribution in [1.82, 2.24) is 0 Å². The normalized spacial score (nSPS) is 15.5. The van der Waals surface area contributed by atoms with E-state index in [0.29, 0.717) is 0 Å². The largest absolute Gasteiger partial charge is 1.00 e. The minimum absolute atomic E-state index is 0. The molecule has 0 aromatic rings. The quantitative estimate of drug-likeness (QED) is 0.284. The first-order valence-electron chi connectivity index (χ1n) is 2.21. The zero-order valence-corrected chi connectivity index (χ0v) is 8.35. The maximum Gasteiger partial charge on any atom is 1.00 e. The van der Waals surface area contributed by atoms with Gasteiger partial charge in [-0.05, 0) is 0 Å². The van der Waals surface area contributed by atoms with Crippen molar-refractivity contribution in [1.29, 1.82) is 0 Å². The summed E-state index contributed by atoms with van der Waals surface area (Å²) >= 11 is -7.87. The van der Waals surface area contributed by atoms with Crippen LogP contribution in [0.1, 0.15) is 0 Å². The van der Waals surface area contributed by atoms with Gasteiger partial charge in [-0.3, -0.25) is 8.42 Å². The summed E-state index contributed by atoms with van der Waals surface area (Å²) in [6.07, 6.45) is 0. The van der Waals surface area contributed by atoms with E-state index in [1.807, 2.05) is 0 Å². The molecule has 0 aliphatic rings. The molecular weight excluding hydrogens is 273 g/mol. The van der Waals surface area contributed by atoms with E-state index in [9.17, 15) is 26.3 Å². The molecule has 2 unspecified atom stereocenters. The van der Waals surface area contributed by atoms with Gasteiger partial charge in [-0.2, -0.15) is 26.3 Å². The van der Waals surface area contributed by atoms with Gasteiger partial charge in [-0.15, -0.1) is 0 Å². The molecule has 15 heavy (non-hydrogen) atoms. The third kappa shape index (κ3) is 14.4. The predicted molar refractivity (Wildman–Crippen MR) is 29.9 cm³/mol. The van der Waals surface area contributed by atoms with Gasteiger partial charge in [-0.1, -0.05) is 0 Å². The first-order valence-corrected chi connectivity index (χ1v) is 4.36. The van der Waals surface area contributed by atoms with Gasteiger partial charge in [0.1, 0.15) is 0 Å². The van der Waals surface area contributed by atoms with Crippen LogP contribution < -0.4 is 18.9 Å². The summed E-state index contributed by atoms with van der Waals surface area (Å²) in [5.74, 6) is 0. The fourth-order valence-electron chi connectivity index (χ4n) is 0. The molecule has 0 saturated heterocycles. The van der Waals surface area contributed by atoms with Crippen LogP contribution in [0.3, 0.4) is 0 Å². The Bertz CT molecular complexity index is 200. The van der Waals surface area contributed by atoms with Crippen LogP contribution in [0.5, 0.6) is 0 Å². The van der Waals surface area contributed by atoms with Crippen LogP contribution >= 0.6 is 0 Å². The van der Waals surface area contributed by atoms with Crippen LogP contribution in [-0.2, 0) is 22.2 Å². The molecule has 0 aromatic carbocycles. The Morgan fingerprint density at radius 1 is 0.733 bits per heavy atom. The average molecular weight is 273 g/mol. The number of halogens is 6. The van der Waals surface area contributed by atoms with Gasteiger partial charge in [0.15, 0.2) is 0 Å². The minimum atomic E-state index is -5.08. The number of rotatable bonds is 0. The van der Waals surface area contributed by atoms with E-state index >= 15 is 0 Å².